The molecule has 0 saturated carbocycles. The van der Waals surface area contributed by atoms with Crippen molar-refractivity contribution in [2.45, 2.75) is 18.2 Å². The molecule has 0 atom stereocenters. The first-order chi connectivity index (χ1) is 10.7. The number of nitriles is 1. The Kier molecular flexibility index (Phi) is 4.17. The molecular formula is C18H16N2OS. The molecule has 2 aromatic carbocycles. The molecule has 1 amide bonds. The third kappa shape index (κ3) is 2.72. The summed E-state index contributed by atoms with van der Waals surface area (Å²) in [4.78, 5) is 15.9. The Labute approximate surface area is 134 Å². The fraction of sp³-hybridized carbons (Fsp3) is 0.222. The van der Waals surface area contributed by atoms with Gasteiger partial charge >= 0.3 is 0 Å². The largest absolute Gasteiger partial charge is 0.307 e. The van der Waals surface area contributed by atoms with Crippen molar-refractivity contribution >= 4 is 23.4 Å². The Balaban J connectivity index is 1.98. The summed E-state index contributed by atoms with van der Waals surface area (Å²) < 4.78 is 0. The van der Waals surface area contributed by atoms with E-state index >= 15 is 0 Å². The van der Waals surface area contributed by atoms with E-state index in [4.69, 9.17) is 5.26 Å². The first-order valence-electron chi connectivity index (χ1n) is 7.25. The standard InChI is InChI=1S/C18H16N2OS/c1-13-11-14(7-8-15(13)12-19)18(21)20-9-4-10-22-17-6-3-2-5-16(17)20/h2-3,5-8,11H,4,9-10H2,1H3. The van der Waals surface area contributed by atoms with E-state index < -0.39 is 0 Å². The number of nitrogens with zero attached hydrogens (tertiary/aromatic N) is 2. The molecule has 0 aliphatic carbocycles. The van der Waals surface area contributed by atoms with Gasteiger partial charge in [-0.05, 0) is 55.0 Å². The van der Waals surface area contributed by atoms with Gasteiger partial charge < -0.3 is 4.90 Å². The second-order valence-electron chi connectivity index (χ2n) is 5.27. The number of thioether (sulfide) groups is 1. The van der Waals surface area contributed by atoms with Crippen LogP contribution in [0.3, 0.4) is 0 Å². The smallest absolute Gasteiger partial charge is 0.258 e. The molecule has 22 heavy (non-hydrogen) atoms. The number of hydrogen-bond donors (Lipinski definition) is 0. The number of para-hydroxylation sites is 1. The fourth-order valence-corrected chi connectivity index (χ4v) is 3.61. The van der Waals surface area contributed by atoms with Crippen molar-refractivity contribution in [3.8, 4) is 6.07 Å². The van der Waals surface area contributed by atoms with E-state index in [2.05, 4.69) is 12.1 Å². The topological polar surface area (TPSA) is 44.1 Å². The number of carbonyl (C=O) groups excluding carboxylic acids is 1. The van der Waals surface area contributed by atoms with E-state index in [1.165, 1.54) is 0 Å². The number of anilines is 1. The molecule has 0 unspecified atom stereocenters. The Morgan fingerprint density at radius 3 is 2.86 bits per heavy atom. The summed E-state index contributed by atoms with van der Waals surface area (Å²) in [5, 5.41) is 9.02. The molecule has 0 bridgehead atoms. The highest BCUT2D eigenvalue weighted by molar-refractivity contribution is 7.99. The first kappa shape index (κ1) is 14.7. The van der Waals surface area contributed by atoms with Crippen LogP contribution in [-0.2, 0) is 0 Å². The van der Waals surface area contributed by atoms with Crippen LogP contribution in [0.4, 0.5) is 5.69 Å². The summed E-state index contributed by atoms with van der Waals surface area (Å²) in [6, 6.07) is 15.5. The van der Waals surface area contributed by atoms with E-state index in [0.29, 0.717) is 11.1 Å². The number of fused-ring (bicyclic) bond motifs is 1. The average Bonchev–Trinajstić information content (AvgIpc) is 2.76. The molecule has 4 heteroatoms. The number of hydrogen-bond acceptors (Lipinski definition) is 3. The minimum absolute atomic E-state index is 0.00235. The highest BCUT2D eigenvalue weighted by atomic mass is 32.2. The lowest BCUT2D eigenvalue weighted by atomic mass is 10.0. The molecule has 1 aliphatic rings. The minimum Gasteiger partial charge on any atom is -0.307 e. The van der Waals surface area contributed by atoms with Gasteiger partial charge in [-0.15, -0.1) is 11.8 Å². The third-order valence-corrected chi connectivity index (χ3v) is 4.93. The quantitative estimate of drug-likeness (QED) is 0.799. The van der Waals surface area contributed by atoms with Crippen LogP contribution in [0.15, 0.2) is 47.4 Å². The van der Waals surface area contributed by atoms with Crippen LogP contribution in [0.2, 0.25) is 0 Å². The highest BCUT2D eigenvalue weighted by Crippen LogP contribution is 2.34. The van der Waals surface area contributed by atoms with Gasteiger partial charge in [-0.25, -0.2) is 0 Å². The van der Waals surface area contributed by atoms with Crippen LogP contribution in [-0.4, -0.2) is 18.2 Å². The molecule has 0 N–H and O–H groups in total. The third-order valence-electron chi connectivity index (χ3n) is 3.78. The Bertz CT molecular complexity index is 764. The Morgan fingerprint density at radius 2 is 2.09 bits per heavy atom. The van der Waals surface area contributed by atoms with Crippen molar-refractivity contribution in [3.05, 3.63) is 59.2 Å². The molecule has 0 fully saturated rings. The minimum atomic E-state index is 0.00235. The van der Waals surface area contributed by atoms with E-state index in [1.807, 2.05) is 36.1 Å². The van der Waals surface area contributed by atoms with Crippen LogP contribution in [0.25, 0.3) is 0 Å². The van der Waals surface area contributed by atoms with Crippen molar-refractivity contribution in [2.75, 3.05) is 17.2 Å². The summed E-state index contributed by atoms with van der Waals surface area (Å²) in [6.07, 6.45) is 0.973. The van der Waals surface area contributed by atoms with Crippen LogP contribution in [0, 0.1) is 18.3 Å². The van der Waals surface area contributed by atoms with E-state index in [1.54, 1.807) is 23.9 Å². The molecule has 1 heterocycles. The van der Waals surface area contributed by atoms with Gasteiger partial charge in [0.2, 0.25) is 0 Å². The van der Waals surface area contributed by atoms with Crippen molar-refractivity contribution in [2.24, 2.45) is 0 Å². The van der Waals surface area contributed by atoms with Crippen molar-refractivity contribution in [3.63, 3.8) is 0 Å². The summed E-state index contributed by atoms with van der Waals surface area (Å²) in [7, 11) is 0. The van der Waals surface area contributed by atoms with Gasteiger partial charge in [0.15, 0.2) is 0 Å². The summed E-state index contributed by atoms with van der Waals surface area (Å²) in [6.45, 7) is 2.59. The van der Waals surface area contributed by atoms with Crippen LogP contribution in [0.1, 0.15) is 27.9 Å². The van der Waals surface area contributed by atoms with E-state index in [-0.39, 0.29) is 5.91 Å². The SMILES string of the molecule is Cc1cc(C(=O)N2CCCSc3ccccc32)ccc1C#N. The van der Waals surface area contributed by atoms with E-state index in [0.717, 1.165) is 34.9 Å². The molecule has 3 rings (SSSR count). The predicted molar refractivity (Wildman–Crippen MR) is 89.4 cm³/mol. The molecule has 0 saturated heterocycles. The lowest BCUT2D eigenvalue weighted by Gasteiger charge is -2.22. The summed E-state index contributed by atoms with van der Waals surface area (Å²) in [5.41, 5.74) is 3.07. The molecule has 0 spiro atoms. The predicted octanol–water partition coefficient (Wildman–Crippen LogP) is 4.01. The fourth-order valence-electron chi connectivity index (χ4n) is 2.62. The maximum atomic E-state index is 12.9. The van der Waals surface area contributed by atoms with Gasteiger partial charge in [0.1, 0.15) is 0 Å². The monoisotopic (exact) mass is 308 g/mol. The lowest BCUT2D eigenvalue weighted by molar-refractivity contribution is 0.0986. The van der Waals surface area contributed by atoms with Gasteiger partial charge in [0, 0.05) is 17.0 Å². The Hall–Kier alpha value is -2.25. The number of amides is 1. The molecule has 0 radical (unpaired) electrons. The second-order valence-corrected chi connectivity index (χ2v) is 6.40. The van der Waals surface area contributed by atoms with Gasteiger partial charge in [-0.3, -0.25) is 4.79 Å². The van der Waals surface area contributed by atoms with E-state index in [9.17, 15) is 4.79 Å². The highest BCUT2D eigenvalue weighted by Gasteiger charge is 2.22. The maximum absolute atomic E-state index is 12.9. The number of benzene rings is 2. The van der Waals surface area contributed by atoms with Crippen molar-refractivity contribution < 1.29 is 4.79 Å². The zero-order chi connectivity index (χ0) is 15.5. The molecule has 0 aromatic heterocycles. The van der Waals surface area contributed by atoms with Crippen LogP contribution >= 0.6 is 11.8 Å². The summed E-state index contributed by atoms with van der Waals surface area (Å²) >= 11 is 1.80. The van der Waals surface area contributed by atoms with Crippen molar-refractivity contribution in [1.82, 2.24) is 0 Å². The normalized spacial score (nSPS) is 13.9. The lowest BCUT2D eigenvalue weighted by Crippen LogP contribution is -2.31. The molecule has 2 aromatic rings. The van der Waals surface area contributed by atoms with Gasteiger partial charge in [0.05, 0.1) is 17.3 Å². The molecule has 110 valence electrons. The van der Waals surface area contributed by atoms with Crippen LogP contribution in [0.5, 0.6) is 0 Å². The molecular weight excluding hydrogens is 292 g/mol. The van der Waals surface area contributed by atoms with Crippen LogP contribution < -0.4 is 4.90 Å². The zero-order valence-corrected chi connectivity index (χ0v) is 13.2. The van der Waals surface area contributed by atoms with Gasteiger partial charge in [-0.2, -0.15) is 5.26 Å². The second kappa shape index (κ2) is 6.25. The molecule has 3 nitrogen and oxygen atoms in total. The average molecular weight is 308 g/mol. The number of rotatable bonds is 1. The number of aryl methyl sites for hydroxylation is 1. The van der Waals surface area contributed by atoms with Crippen molar-refractivity contribution in [1.29, 1.82) is 5.26 Å². The Morgan fingerprint density at radius 1 is 1.27 bits per heavy atom. The van der Waals surface area contributed by atoms with Gasteiger partial charge in [-0.1, -0.05) is 12.1 Å². The van der Waals surface area contributed by atoms with Gasteiger partial charge in [0.25, 0.3) is 5.91 Å². The maximum Gasteiger partial charge on any atom is 0.258 e. The zero-order valence-electron chi connectivity index (χ0n) is 12.4. The first-order valence-corrected chi connectivity index (χ1v) is 8.23. The number of carbonyl (C=O) groups is 1. The summed E-state index contributed by atoms with van der Waals surface area (Å²) in [5.74, 6) is 1.02. The molecule has 1 aliphatic heterocycles.